The van der Waals surface area contributed by atoms with E-state index in [0.717, 1.165) is 22.4 Å². The van der Waals surface area contributed by atoms with Crippen molar-refractivity contribution in [2.45, 2.75) is 39.5 Å². The number of nitrogens with one attached hydrogen (secondary N) is 2. The van der Waals surface area contributed by atoms with E-state index in [1.54, 1.807) is 0 Å². The van der Waals surface area contributed by atoms with Gasteiger partial charge in [0.2, 0.25) is 0 Å². The van der Waals surface area contributed by atoms with Crippen LogP contribution < -0.4 is 5.32 Å². The molecule has 0 radical (unpaired) electrons. The van der Waals surface area contributed by atoms with Gasteiger partial charge in [0.25, 0.3) is 0 Å². The van der Waals surface area contributed by atoms with Crippen LogP contribution in [0.2, 0.25) is 0 Å². The molecule has 1 aliphatic carbocycles. The maximum absolute atomic E-state index is 13.6. The first-order valence-corrected chi connectivity index (χ1v) is 11.3. The van der Waals surface area contributed by atoms with E-state index in [9.17, 15) is 15.3 Å². The van der Waals surface area contributed by atoms with Crippen LogP contribution in [0.5, 0.6) is 0 Å². The Bertz CT molecular complexity index is 1290. The number of ketones is 1. The molecule has 0 amide bonds. The van der Waals surface area contributed by atoms with Crippen LogP contribution >= 0.6 is 0 Å². The number of allylic oxidation sites excluding steroid dienone is 2. The predicted molar refractivity (Wildman–Crippen MR) is 131 cm³/mol. The number of H-pyrrole nitrogens is 1. The Morgan fingerprint density at radius 1 is 1.00 bits per heavy atom. The fraction of sp³-hybridized carbons (Fsp3) is 0.286. The SMILES string of the molecule is Cc1[nH]nc(NC2=C(C(c3ccccc3)C(C#N)C#N)C(=O)CC(C)(C)C2)c1-c1ccccc1. The number of rotatable bonds is 6. The number of carbonyl (C=O) groups excluding carboxylic acids is 1. The molecule has 6 nitrogen and oxygen atoms in total. The van der Waals surface area contributed by atoms with E-state index < -0.39 is 11.8 Å². The van der Waals surface area contributed by atoms with Crippen LogP contribution in [-0.2, 0) is 4.79 Å². The predicted octanol–water partition coefficient (Wildman–Crippen LogP) is 5.89. The number of nitrogens with zero attached hydrogens (tertiary/aromatic N) is 3. The summed E-state index contributed by atoms with van der Waals surface area (Å²) < 4.78 is 0. The molecule has 1 atom stereocenters. The van der Waals surface area contributed by atoms with Crippen molar-refractivity contribution in [1.29, 1.82) is 10.5 Å². The monoisotopic (exact) mass is 449 g/mol. The minimum Gasteiger partial charge on any atom is -0.341 e. The molecule has 1 heterocycles. The van der Waals surface area contributed by atoms with Crippen molar-refractivity contribution in [1.82, 2.24) is 10.2 Å². The standard InChI is InChI=1S/C28H27N5O/c1-18-24(19-10-6-4-7-11-19)27(33-32-18)31-22-14-28(2,3)15-23(34)26(22)25(21(16-29)17-30)20-12-8-5-9-13-20/h4-13,21,25H,14-15H2,1-3H3,(H2,31,32,33). The molecule has 0 aliphatic heterocycles. The summed E-state index contributed by atoms with van der Waals surface area (Å²) in [7, 11) is 0. The summed E-state index contributed by atoms with van der Waals surface area (Å²) in [6.45, 7) is 6.07. The van der Waals surface area contributed by atoms with Crippen molar-refractivity contribution in [3.63, 3.8) is 0 Å². The van der Waals surface area contributed by atoms with Gasteiger partial charge in [-0.15, -0.1) is 0 Å². The second-order valence-electron chi connectivity index (χ2n) is 9.52. The highest BCUT2D eigenvalue weighted by atomic mass is 16.1. The van der Waals surface area contributed by atoms with E-state index >= 15 is 0 Å². The number of aromatic amines is 1. The third-order valence-electron chi connectivity index (χ3n) is 6.28. The Kier molecular flexibility index (Phi) is 6.34. The van der Waals surface area contributed by atoms with Gasteiger partial charge in [-0.1, -0.05) is 74.5 Å². The van der Waals surface area contributed by atoms with Crippen molar-refractivity contribution >= 4 is 11.6 Å². The smallest absolute Gasteiger partial charge is 0.161 e. The number of Topliss-reactive ketones (excluding diaryl/α,β-unsaturated/α-hetero) is 1. The molecule has 34 heavy (non-hydrogen) atoms. The molecule has 170 valence electrons. The third kappa shape index (κ3) is 4.49. The largest absolute Gasteiger partial charge is 0.341 e. The Hall–Kier alpha value is -4.16. The summed E-state index contributed by atoms with van der Waals surface area (Å²) in [6.07, 6.45) is 0.951. The van der Waals surface area contributed by atoms with E-state index in [2.05, 4.69) is 41.5 Å². The average Bonchev–Trinajstić information content (AvgIpc) is 3.18. The van der Waals surface area contributed by atoms with Gasteiger partial charge < -0.3 is 5.32 Å². The molecule has 0 bridgehead atoms. The molecule has 0 fully saturated rings. The molecule has 2 aromatic carbocycles. The van der Waals surface area contributed by atoms with Crippen LogP contribution in [0, 0.1) is 40.9 Å². The van der Waals surface area contributed by atoms with Crippen LogP contribution in [0.3, 0.4) is 0 Å². The maximum atomic E-state index is 13.6. The number of hydrogen-bond acceptors (Lipinski definition) is 5. The first-order valence-electron chi connectivity index (χ1n) is 11.3. The highest BCUT2D eigenvalue weighted by molar-refractivity contribution is 6.00. The number of benzene rings is 2. The van der Waals surface area contributed by atoms with Crippen molar-refractivity contribution in [3.05, 3.63) is 83.2 Å². The summed E-state index contributed by atoms with van der Waals surface area (Å²) in [5.74, 6) is -1.06. The fourth-order valence-electron chi connectivity index (χ4n) is 4.79. The van der Waals surface area contributed by atoms with Gasteiger partial charge in [0.1, 0.15) is 5.92 Å². The van der Waals surface area contributed by atoms with Gasteiger partial charge in [-0.25, -0.2) is 0 Å². The zero-order valence-electron chi connectivity index (χ0n) is 19.6. The number of carbonyl (C=O) groups is 1. The number of anilines is 1. The maximum Gasteiger partial charge on any atom is 0.161 e. The lowest BCUT2D eigenvalue weighted by Crippen LogP contribution is -2.32. The molecular formula is C28H27N5O. The number of hydrogen-bond donors (Lipinski definition) is 2. The molecule has 2 N–H and O–H groups in total. The van der Waals surface area contributed by atoms with E-state index in [1.165, 1.54) is 0 Å². The van der Waals surface area contributed by atoms with E-state index in [-0.39, 0.29) is 11.2 Å². The molecule has 6 heteroatoms. The van der Waals surface area contributed by atoms with Crippen LogP contribution in [0.4, 0.5) is 5.82 Å². The van der Waals surface area contributed by atoms with Crippen molar-refractivity contribution in [2.24, 2.45) is 11.3 Å². The van der Waals surface area contributed by atoms with Gasteiger partial charge in [0.15, 0.2) is 11.6 Å². The molecule has 1 aromatic heterocycles. The summed E-state index contributed by atoms with van der Waals surface area (Å²) in [4.78, 5) is 13.6. The lowest BCUT2D eigenvalue weighted by Gasteiger charge is -2.35. The zero-order chi connectivity index (χ0) is 24.3. The van der Waals surface area contributed by atoms with Crippen LogP contribution in [0.1, 0.15) is 43.9 Å². The second kappa shape index (κ2) is 9.37. The van der Waals surface area contributed by atoms with E-state index in [4.69, 9.17) is 0 Å². The molecule has 0 saturated carbocycles. The Morgan fingerprint density at radius 3 is 2.24 bits per heavy atom. The molecule has 0 spiro atoms. The highest BCUT2D eigenvalue weighted by Crippen LogP contribution is 2.45. The zero-order valence-corrected chi connectivity index (χ0v) is 19.6. The second-order valence-corrected chi connectivity index (χ2v) is 9.52. The van der Waals surface area contributed by atoms with Gasteiger partial charge in [0, 0.05) is 34.9 Å². The lowest BCUT2D eigenvalue weighted by molar-refractivity contribution is -0.118. The van der Waals surface area contributed by atoms with Gasteiger partial charge in [-0.3, -0.25) is 9.89 Å². The van der Waals surface area contributed by atoms with E-state index in [1.807, 2.05) is 67.6 Å². The third-order valence-corrected chi connectivity index (χ3v) is 6.28. The molecule has 3 aromatic rings. The van der Waals surface area contributed by atoms with Gasteiger partial charge in [-0.05, 0) is 29.9 Å². The fourth-order valence-corrected chi connectivity index (χ4v) is 4.79. The van der Waals surface area contributed by atoms with Gasteiger partial charge in [-0.2, -0.15) is 15.6 Å². The average molecular weight is 450 g/mol. The highest BCUT2D eigenvalue weighted by Gasteiger charge is 2.40. The summed E-state index contributed by atoms with van der Waals surface area (Å²) in [5, 5.41) is 30.6. The minimum absolute atomic E-state index is 0.0448. The Balaban J connectivity index is 1.90. The Labute approximate surface area is 199 Å². The first-order chi connectivity index (χ1) is 16.3. The molecular weight excluding hydrogens is 422 g/mol. The van der Waals surface area contributed by atoms with Crippen molar-refractivity contribution < 1.29 is 4.79 Å². The number of aryl methyl sites for hydroxylation is 1. The summed E-state index contributed by atoms with van der Waals surface area (Å²) in [5.41, 5.74) is 4.57. The number of aromatic nitrogens is 2. The summed E-state index contributed by atoms with van der Waals surface area (Å²) in [6, 6.07) is 23.5. The molecule has 0 saturated heterocycles. The quantitative estimate of drug-likeness (QED) is 0.488. The lowest BCUT2D eigenvalue weighted by atomic mass is 9.69. The number of nitriles is 2. The molecule has 4 rings (SSSR count). The molecule has 1 unspecified atom stereocenters. The normalized spacial score (nSPS) is 16.1. The van der Waals surface area contributed by atoms with Crippen molar-refractivity contribution in [2.75, 3.05) is 5.32 Å². The van der Waals surface area contributed by atoms with Crippen LogP contribution in [0.15, 0.2) is 71.9 Å². The molecule has 1 aliphatic rings. The van der Waals surface area contributed by atoms with Crippen LogP contribution in [0.25, 0.3) is 11.1 Å². The van der Waals surface area contributed by atoms with Crippen molar-refractivity contribution in [3.8, 4) is 23.3 Å². The first kappa shape index (κ1) is 23.0. The van der Waals surface area contributed by atoms with Crippen LogP contribution in [-0.4, -0.2) is 16.0 Å². The minimum atomic E-state index is -0.992. The Morgan fingerprint density at radius 2 is 1.62 bits per heavy atom. The summed E-state index contributed by atoms with van der Waals surface area (Å²) >= 11 is 0. The van der Waals surface area contributed by atoms with Gasteiger partial charge >= 0.3 is 0 Å². The van der Waals surface area contributed by atoms with E-state index in [0.29, 0.717) is 29.9 Å². The topological polar surface area (TPSA) is 105 Å². The van der Waals surface area contributed by atoms with Gasteiger partial charge in [0.05, 0.1) is 12.1 Å².